The summed E-state index contributed by atoms with van der Waals surface area (Å²) in [5.74, 6) is 0.382. The van der Waals surface area contributed by atoms with E-state index >= 15 is 0 Å². The number of rotatable bonds is 6. The normalized spacial score (nSPS) is 13.4. The fourth-order valence-electron chi connectivity index (χ4n) is 3.09. The Hall–Kier alpha value is -2.65. The van der Waals surface area contributed by atoms with Gasteiger partial charge in [-0.3, -0.25) is 9.69 Å². The van der Waals surface area contributed by atoms with Crippen molar-refractivity contribution in [3.63, 3.8) is 0 Å². The van der Waals surface area contributed by atoms with Crippen LogP contribution in [-0.2, 0) is 14.6 Å². The number of thiazole rings is 1. The molecule has 29 heavy (non-hydrogen) atoms. The number of anilines is 1. The van der Waals surface area contributed by atoms with Crippen LogP contribution in [0.25, 0.3) is 10.2 Å². The van der Waals surface area contributed by atoms with Gasteiger partial charge in [0.1, 0.15) is 13.2 Å². The molecule has 2 heterocycles. The van der Waals surface area contributed by atoms with Gasteiger partial charge >= 0.3 is 0 Å². The van der Waals surface area contributed by atoms with Gasteiger partial charge < -0.3 is 9.47 Å². The number of hydrogen-bond acceptors (Lipinski definition) is 7. The van der Waals surface area contributed by atoms with Crippen molar-refractivity contribution >= 4 is 42.4 Å². The molecule has 0 radical (unpaired) electrons. The van der Waals surface area contributed by atoms with Crippen molar-refractivity contribution in [2.24, 2.45) is 0 Å². The molecule has 0 saturated heterocycles. The molecule has 152 valence electrons. The van der Waals surface area contributed by atoms with Gasteiger partial charge in [0.05, 0.1) is 20.9 Å². The fraction of sp³-hybridized carbons (Fsp3) is 0.300. The molecular weight excluding hydrogens is 412 g/mol. The predicted octanol–water partition coefficient (Wildman–Crippen LogP) is 3.28. The summed E-state index contributed by atoms with van der Waals surface area (Å²) >= 11 is 1.42. The van der Waals surface area contributed by atoms with Gasteiger partial charge in [-0.25, -0.2) is 13.4 Å². The van der Waals surface area contributed by atoms with E-state index in [1.54, 1.807) is 6.07 Å². The molecule has 0 bridgehead atoms. The molecule has 3 aromatic rings. The van der Waals surface area contributed by atoms with E-state index in [0.717, 1.165) is 10.2 Å². The highest BCUT2D eigenvalue weighted by molar-refractivity contribution is 7.91. The molecule has 0 atom stereocenters. The van der Waals surface area contributed by atoms with Crippen LogP contribution in [0, 0.1) is 0 Å². The van der Waals surface area contributed by atoms with E-state index in [4.69, 9.17) is 9.47 Å². The summed E-state index contributed by atoms with van der Waals surface area (Å²) in [5, 5.41) is 0.579. The number of hydrogen-bond donors (Lipinski definition) is 0. The number of fused-ring (bicyclic) bond motifs is 2. The Morgan fingerprint density at radius 3 is 2.66 bits per heavy atom. The fourth-order valence-corrected chi connectivity index (χ4v) is 5.37. The van der Waals surface area contributed by atoms with Gasteiger partial charge in [0.2, 0.25) is 5.91 Å². The summed E-state index contributed by atoms with van der Waals surface area (Å²) in [7, 11) is -3.64. The Morgan fingerprint density at radius 1 is 1.14 bits per heavy atom. The standard InChI is InChI=1S/C20H20N2O5S2/c1-2-22(20-21-15-5-3-4-6-18(15)28-20)19(23)9-12-29(24,25)14-7-8-16-17(13-14)27-11-10-26-16/h3-8,13H,2,9-12H2,1H3. The van der Waals surface area contributed by atoms with Gasteiger partial charge in [-0.05, 0) is 31.2 Å². The molecule has 7 nitrogen and oxygen atoms in total. The maximum atomic E-state index is 12.7. The molecule has 0 unspecified atom stereocenters. The predicted molar refractivity (Wildman–Crippen MR) is 112 cm³/mol. The molecule has 0 aliphatic carbocycles. The van der Waals surface area contributed by atoms with E-state index in [-0.39, 0.29) is 23.0 Å². The number of nitrogens with zero attached hydrogens (tertiary/aromatic N) is 2. The number of carbonyl (C=O) groups is 1. The average molecular weight is 433 g/mol. The molecule has 2 aromatic carbocycles. The van der Waals surface area contributed by atoms with Crippen LogP contribution in [0.3, 0.4) is 0 Å². The van der Waals surface area contributed by atoms with Crippen LogP contribution < -0.4 is 14.4 Å². The maximum Gasteiger partial charge on any atom is 0.229 e. The van der Waals surface area contributed by atoms with Gasteiger partial charge in [-0.2, -0.15) is 0 Å². The third kappa shape index (κ3) is 4.06. The number of ether oxygens (including phenoxy) is 2. The Kier molecular flexibility index (Phi) is 5.42. The Labute approximate surface area is 172 Å². The molecular formula is C20H20N2O5S2. The molecule has 1 aliphatic heterocycles. The lowest BCUT2D eigenvalue weighted by Crippen LogP contribution is -2.31. The Morgan fingerprint density at radius 2 is 1.90 bits per heavy atom. The van der Waals surface area contributed by atoms with E-state index < -0.39 is 9.84 Å². The lowest BCUT2D eigenvalue weighted by atomic mass is 10.3. The first-order valence-electron chi connectivity index (χ1n) is 9.26. The second-order valence-electron chi connectivity index (χ2n) is 6.48. The van der Waals surface area contributed by atoms with E-state index in [1.165, 1.54) is 28.4 Å². The number of benzene rings is 2. The van der Waals surface area contributed by atoms with E-state index in [0.29, 0.717) is 36.4 Å². The number of para-hydroxylation sites is 1. The molecule has 9 heteroatoms. The molecule has 1 aromatic heterocycles. The van der Waals surface area contributed by atoms with Crippen molar-refractivity contribution in [2.45, 2.75) is 18.2 Å². The van der Waals surface area contributed by atoms with Crippen molar-refractivity contribution in [3.05, 3.63) is 42.5 Å². The van der Waals surface area contributed by atoms with Crippen LogP contribution in [0.1, 0.15) is 13.3 Å². The van der Waals surface area contributed by atoms with Gasteiger partial charge in [-0.1, -0.05) is 23.5 Å². The highest BCUT2D eigenvalue weighted by atomic mass is 32.2. The third-order valence-corrected chi connectivity index (χ3v) is 7.36. The van der Waals surface area contributed by atoms with E-state index in [1.807, 2.05) is 31.2 Å². The molecule has 0 spiro atoms. The summed E-state index contributed by atoms with van der Waals surface area (Å²) in [6.07, 6.45) is -0.124. The topological polar surface area (TPSA) is 85.8 Å². The highest BCUT2D eigenvalue weighted by Gasteiger charge is 2.23. The number of aromatic nitrogens is 1. The van der Waals surface area contributed by atoms with Crippen molar-refractivity contribution in [1.29, 1.82) is 0 Å². The first-order chi connectivity index (χ1) is 14.0. The van der Waals surface area contributed by atoms with Crippen LogP contribution in [0.15, 0.2) is 47.4 Å². The minimum absolute atomic E-state index is 0.123. The van der Waals surface area contributed by atoms with Crippen molar-refractivity contribution in [3.8, 4) is 11.5 Å². The summed E-state index contributed by atoms with van der Waals surface area (Å²) in [5.41, 5.74) is 0.822. The quantitative estimate of drug-likeness (QED) is 0.594. The van der Waals surface area contributed by atoms with E-state index in [2.05, 4.69) is 4.98 Å². The maximum absolute atomic E-state index is 12.7. The third-order valence-electron chi connectivity index (χ3n) is 4.59. The second-order valence-corrected chi connectivity index (χ2v) is 9.59. The minimum atomic E-state index is -3.64. The molecule has 1 aliphatic rings. The molecule has 0 N–H and O–H groups in total. The Balaban J connectivity index is 1.48. The number of carbonyl (C=O) groups excluding carboxylic acids is 1. The molecule has 1 amide bonds. The van der Waals surface area contributed by atoms with Gasteiger partial charge in [0.25, 0.3) is 0 Å². The monoisotopic (exact) mass is 432 g/mol. The number of sulfone groups is 1. The minimum Gasteiger partial charge on any atom is -0.486 e. The first kappa shape index (κ1) is 19.7. The average Bonchev–Trinajstić information content (AvgIpc) is 3.16. The summed E-state index contributed by atoms with van der Waals surface area (Å²) < 4.78 is 37.3. The van der Waals surface area contributed by atoms with Crippen LogP contribution in [0.5, 0.6) is 11.5 Å². The van der Waals surface area contributed by atoms with Gasteiger partial charge in [0.15, 0.2) is 26.5 Å². The molecule has 0 saturated carbocycles. The Bertz CT molecular complexity index is 1120. The van der Waals surface area contributed by atoms with Crippen LogP contribution >= 0.6 is 11.3 Å². The largest absolute Gasteiger partial charge is 0.486 e. The number of amides is 1. The first-order valence-corrected chi connectivity index (χ1v) is 11.7. The van der Waals surface area contributed by atoms with Crippen molar-refractivity contribution in [2.75, 3.05) is 30.4 Å². The van der Waals surface area contributed by atoms with Gasteiger partial charge in [-0.15, -0.1) is 0 Å². The molecule has 0 fully saturated rings. The SMILES string of the molecule is CCN(C(=O)CCS(=O)(=O)c1ccc2c(c1)OCCO2)c1nc2ccccc2s1. The van der Waals surface area contributed by atoms with Crippen LogP contribution in [0.4, 0.5) is 5.13 Å². The van der Waals surface area contributed by atoms with Gasteiger partial charge in [0, 0.05) is 19.0 Å². The summed E-state index contributed by atoms with van der Waals surface area (Å²) in [6, 6.07) is 12.2. The van der Waals surface area contributed by atoms with Crippen LogP contribution in [0.2, 0.25) is 0 Å². The van der Waals surface area contributed by atoms with Crippen molar-refractivity contribution < 1.29 is 22.7 Å². The summed E-state index contributed by atoms with van der Waals surface area (Å²) in [4.78, 5) is 18.9. The zero-order valence-electron chi connectivity index (χ0n) is 15.8. The smallest absolute Gasteiger partial charge is 0.229 e. The van der Waals surface area contributed by atoms with Crippen LogP contribution in [-0.4, -0.2) is 44.8 Å². The lowest BCUT2D eigenvalue weighted by Gasteiger charge is -2.19. The lowest BCUT2D eigenvalue weighted by molar-refractivity contribution is -0.118. The van der Waals surface area contributed by atoms with Crippen molar-refractivity contribution in [1.82, 2.24) is 4.98 Å². The molecule has 4 rings (SSSR count). The highest BCUT2D eigenvalue weighted by Crippen LogP contribution is 2.33. The second kappa shape index (κ2) is 8.00. The zero-order chi connectivity index (χ0) is 20.4. The zero-order valence-corrected chi connectivity index (χ0v) is 17.5. The summed E-state index contributed by atoms with van der Waals surface area (Å²) in [6.45, 7) is 3.08. The van der Waals surface area contributed by atoms with E-state index in [9.17, 15) is 13.2 Å².